The molecule has 0 heterocycles. The van der Waals surface area contributed by atoms with Crippen LogP contribution in [-0.2, 0) is 4.79 Å². The van der Waals surface area contributed by atoms with Gasteiger partial charge in [0.2, 0.25) is 0 Å². The molecule has 0 saturated carbocycles. The summed E-state index contributed by atoms with van der Waals surface area (Å²) in [4.78, 5) is 10.5. The van der Waals surface area contributed by atoms with Crippen LogP contribution in [0.1, 0.15) is 13.3 Å². The maximum absolute atomic E-state index is 10.5. The van der Waals surface area contributed by atoms with Gasteiger partial charge in [-0.1, -0.05) is 6.92 Å². The molecule has 0 bridgehead atoms. The van der Waals surface area contributed by atoms with Crippen molar-refractivity contribution in [1.29, 1.82) is 5.26 Å². The number of aliphatic hydroxyl groups excluding tert-OH is 1. The Morgan fingerprint density at radius 3 is 2.56 bits per heavy atom. The zero-order chi connectivity index (χ0) is 7.28. The van der Waals surface area contributed by atoms with Crippen LogP contribution in [0.5, 0.6) is 0 Å². The fraction of sp³-hybridized carbons (Fsp3) is 0.667. The molecular formula is C6H9NO2. The van der Waals surface area contributed by atoms with Gasteiger partial charge in [-0.05, 0) is 6.42 Å². The first-order chi connectivity index (χ1) is 4.26. The van der Waals surface area contributed by atoms with Crippen LogP contribution in [0.3, 0.4) is 0 Å². The molecule has 0 saturated heterocycles. The molecular weight excluding hydrogens is 118 g/mol. The molecule has 0 aromatic carbocycles. The average Bonchev–Trinajstić information content (AvgIpc) is 1.90. The summed E-state index contributed by atoms with van der Waals surface area (Å²) < 4.78 is 0. The SMILES string of the molecule is CCC(C#N)C(=O)CO. The van der Waals surface area contributed by atoms with Gasteiger partial charge in [0.15, 0.2) is 5.78 Å². The van der Waals surface area contributed by atoms with E-state index in [0.29, 0.717) is 6.42 Å². The first-order valence-corrected chi connectivity index (χ1v) is 2.79. The second-order valence-corrected chi connectivity index (χ2v) is 1.71. The molecule has 1 atom stereocenters. The molecule has 0 aromatic rings. The predicted octanol–water partition coefficient (Wildman–Crippen LogP) is 0.0976. The minimum Gasteiger partial charge on any atom is -0.389 e. The van der Waals surface area contributed by atoms with Crippen molar-refractivity contribution in [3.05, 3.63) is 0 Å². The first kappa shape index (κ1) is 8.12. The molecule has 0 aromatic heterocycles. The van der Waals surface area contributed by atoms with Crippen molar-refractivity contribution in [1.82, 2.24) is 0 Å². The Labute approximate surface area is 53.9 Å². The number of rotatable bonds is 3. The molecule has 50 valence electrons. The van der Waals surface area contributed by atoms with E-state index in [1.165, 1.54) is 0 Å². The van der Waals surface area contributed by atoms with Crippen molar-refractivity contribution in [2.24, 2.45) is 5.92 Å². The number of ketones is 1. The summed E-state index contributed by atoms with van der Waals surface area (Å²) in [6, 6.07) is 1.79. The minimum atomic E-state index is -0.616. The lowest BCUT2D eigenvalue weighted by molar-refractivity contribution is -0.124. The zero-order valence-electron chi connectivity index (χ0n) is 5.29. The lowest BCUT2D eigenvalue weighted by Gasteiger charge is -1.98. The van der Waals surface area contributed by atoms with Gasteiger partial charge >= 0.3 is 0 Å². The van der Waals surface area contributed by atoms with E-state index < -0.39 is 12.5 Å². The van der Waals surface area contributed by atoms with Gasteiger partial charge in [-0.2, -0.15) is 5.26 Å². The molecule has 9 heavy (non-hydrogen) atoms. The second kappa shape index (κ2) is 4.04. The van der Waals surface area contributed by atoms with E-state index in [1.807, 2.05) is 0 Å². The number of nitriles is 1. The lowest BCUT2D eigenvalue weighted by atomic mass is 10.0. The average molecular weight is 127 g/mol. The zero-order valence-corrected chi connectivity index (χ0v) is 5.29. The largest absolute Gasteiger partial charge is 0.389 e. The highest BCUT2D eigenvalue weighted by Crippen LogP contribution is 2.00. The quantitative estimate of drug-likeness (QED) is 0.584. The Balaban J connectivity index is 3.84. The third kappa shape index (κ3) is 2.24. The van der Waals surface area contributed by atoms with Gasteiger partial charge in [0.1, 0.15) is 12.5 Å². The van der Waals surface area contributed by atoms with E-state index in [9.17, 15) is 4.79 Å². The molecule has 1 unspecified atom stereocenters. The number of Topliss-reactive ketones (excluding diaryl/α,β-unsaturated/α-hetero) is 1. The summed E-state index contributed by atoms with van der Waals surface area (Å²) in [6.45, 7) is 1.22. The fourth-order valence-corrected chi connectivity index (χ4v) is 0.501. The van der Waals surface area contributed by atoms with Gasteiger partial charge in [0.05, 0.1) is 6.07 Å². The third-order valence-electron chi connectivity index (χ3n) is 1.11. The second-order valence-electron chi connectivity index (χ2n) is 1.71. The van der Waals surface area contributed by atoms with Gasteiger partial charge in [-0.15, -0.1) is 0 Å². The van der Waals surface area contributed by atoms with E-state index in [2.05, 4.69) is 0 Å². The van der Waals surface area contributed by atoms with Gasteiger partial charge in [0.25, 0.3) is 0 Å². The fourth-order valence-electron chi connectivity index (χ4n) is 0.501. The van der Waals surface area contributed by atoms with Crippen LogP contribution >= 0.6 is 0 Å². The lowest BCUT2D eigenvalue weighted by Crippen LogP contribution is -2.15. The molecule has 0 amide bonds. The summed E-state index contributed by atoms with van der Waals surface area (Å²) >= 11 is 0. The molecule has 0 fully saturated rings. The monoisotopic (exact) mass is 127 g/mol. The van der Waals surface area contributed by atoms with Crippen molar-refractivity contribution in [3.63, 3.8) is 0 Å². The smallest absolute Gasteiger partial charge is 0.175 e. The van der Waals surface area contributed by atoms with Crippen LogP contribution in [0.25, 0.3) is 0 Å². The van der Waals surface area contributed by atoms with Gasteiger partial charge < -0.3 is 5.11 Å². The highest BCUT2D eigenvalue weighted by molar-refractivity contribution is 5.84. The van der Waals surface area contributed by atoms with E-state index >= 15 is 0 Å². The minimum absolute atomic E-state index is 0.389. The van der Waals surface area contributed by atoms with Crippen LogP contribution in [-0.4, -0.2) is 17.5 Å². The number of aliphatic hydroxyl groups is 1. The van der Waals surface area contributed by atoms with Crippen molar-refractivity contribution >= 4 is 5.78 Å². The molecule has 0 aliphatic rings. The third-order valence-corrected chi connectivity index (χ3v) is 1.11. The van der Waals surface area contributed by atoms with Gasteiger partial charge in [0, 0.05) is 0 Å². The number of hydrogen-bond acceptors (Lipinski definition) is 3. The first-order valence-electron chi connectivity index (χ1n) is 2.79. The Bertz CT molecular complexity index is 136. The van der Waals surface area contributed by atoms with Crippen molar-refractivity contribution in [2.75, 3.05) is 6.61 Å². The summed E-state index contributed by atoms with van der Waals surface area (Å²) in [7, 11) is 0. The number of hydrogen-bond donors (Lipinski definition) is 1. The molecule has 0 aliphatic carbocycles. The van der Waals surface area contributed by atoms with Crippen LogP contribution in [0.15, 0.2) is 0 Å². The number of nitrogens with zero attached hydrogens (tertiary/aromatic N) is 1. The topological polar surface area (TPSA) is 61.1 Å². The van der Waals surface area contributed by atoms with Gasteiger partial charge in [-0.3, -0.25) is 4.79 Å². The number of carbonyl (C=O) groups excluding carboxylic acids is 1. The summed E-state index contributed by atoms with van der Waals surface area (Å²) in [5.41, 5.74) is 0. The van der Waals surface area contributed by atoms with Crippen LogP contribution in [0.2, 0.25) is 0 Å². The molecule has 0 spiro atoms. The molecule has 0 aliphatic heterocycles. The van der Waals surface area contributed by atoms with E-state index in [-0.39, 0.29) is 5.78 Å². The number of carbonyl (C=O) groups is 1. The maximum atomic E-state index is 10.5. The Kier molecular flexibility index (Phi) is 3.65. The van der Waals surface area contributed by atoms with Crippen LogP contribution < -0.4 is 0 Å². The van der Waals surface area contributed by atoms with Crippen molar-refractivity contribution < 1.29 is 9.90 Å². The maximum Gasteiger partial charge on any atom is 0.175 e. The van der Waals surface area contributed by atoms with Crippen LogP contribution in [0.4, 0.5) is 0 Å². The normalized spacial score (nSPS) is 12.1. The predicted molar refractivity (Wildman–Crippen MR) is 31.5 cm³/mol. The Morgan fingerprint density at radius 1 is 1.89 bits per heavy atom. The molecule has 3 nitrogen and oxygen atoms in total. The van der Waals surface area contributed by atoms with E-state index in [1.54, 1.807) is 13.0 Å². The highest BCUT2D eigenvalue weighted by atomic mass is 16.3. The molecule has 0 radical (unpaired) electrons. The molecule has 0 rings (SSSR count). The highest BCUT2D eigenvalue weighted by Gasteiger charge is 2.12. The summed E-state index contributed by atoms with van der Waals surface area (Å²) in [6.07, 6.45) is 0.482. The Morgan fingerprint density at radius 2 is 2.44 bits per heavy atom. The summed E-state index contributed by atoms with van der Waals surface area (Å²) in [5, 5.41) is 16.5. The molecule has 1 N–H and O–H groups in total. The summed E-state index contributed by atoms with van der Waals surface area (Å²) in [5.74, 6) is -1.00. The van der Waals surface area contributed by atoms with Gasteiger partial charge in [-0.25, -0.2) is 0 Å². The van der Waals surface area contributed by atoms with E-state index in [0.717, 1.165) is 0 Å². The van der Waals surface area contributed by atoms with Crippen molar-refractivity contribution in [3.8, 4) is 6.07 Å². The van der Waals surface area contributed by atoms with Crippen LogP contribution in [0, 0.1) is 17.2 Å². The molecule has 3 heteroatoms. The Hall–Kier alpha value is -0.880. The van der Waals surface area contributed by atoms with Crippen molar-refractivity contribution in [2.45, 2.75) is 13.3 Å². The van der Waals surface area contributed by atoms with E-state index in [4.69, 9.17) is 10.4 Å². The standard InChI is InChI=1S/C6H9NO2/c1-2-5(3-7)6(9)4-8/h5,8H,2,4H2,1H3.